The highest BCUT2D eigenvalue weighted by Gasteiger charge is 2.23. The molecule has 2 aromatic rings. The highest BCUT2D eigenvalue weighted by molar-refractivity contribution is 6.30. The van der Waals surface area contributed by atoms with Gasteiger partial charge in [-0.1, -0.05) is 11.6 Å². The highest BCUT2D eigenvalue weighted by Crippen LogP contribution is 2.23. The molecule has 5 nitrogen and oxygen atoms in total. The molecule has 21 heavy (non-hydrogen) atoms. The largest absolute Gasteiger partial charge is 0.490 e. The lowest BCUT2D eigenvalue weighted by molar-refractivity contribution is 0.111. The predicted molar refractivity (Wildman–Crippen MR) is 79.2 cm³/mol. The molecule has 6 heteroatoms. The van der Waals surface area contributed by atoms with E-state index in [4.69, 9.17) is 20.8 Å². The molecule has 2 heterocycles. The second-order valence-electron chi connectivity index (χ2n) is 4.93. The van der Waals surface area contributed by atoms with E-state index >= 15 is 0 Å². The van der Waals surface area contributed by atoms with E-state index < -0.39 is 0 Å². The molecule has 1 saturated heterocycles. The summed E-state index contributed by atoms with van der Waals surface area (Å²) in [5, 5.41) is 0.701. The molecule has 0 unspecified atom stereocenters. The number of rotatable bonds is 4. The zero-order chi connectivity index (χ0) is 14.7. The maximum absolute atomic E-state index is 10.6. The fraction of sp³-hybridized carbons (Fsp3) is 0.333. The van der Waals surface area contributed by atoms with Crippen LogP contribution in [0.4, 0.5) is 6.01 Å². The molecular weight excluding hydrogens is 292 g/mol. The molecule has 0 amide bonds. The Morgan fingerprint density at radius 3 is 2.62 bits per heavy atom. The quantitative estimate of drug-likeness (QED) is 0.812. The Morgan fingerprint density at radius 1 is 1.29 bits per heavy atom. The number of aromatic nitrogens is 1. The Morgan fingerprint density at radius 2 is 2.00 bits per heavy atom. The number of hydrogen-bond acceptors (Lipinski definition) is 5. The van der Waals surface area contributed by atoms with Crippen molar-refractivity contribution in [2.24, 2.45) is 0 Å². The molecule has 1 aliphatic heterocycles. The number of benzene rings is 1. The molecule has 0 saturated carbocycles. The van der Waals surface area contributed by atoms with Crippen molar-refractivity contribution in [3.8, 4) is 5.75 Å². The van der Waals surface area contributed by atoms with Gasteiger partial charge in [0.2, 0.25) is 0 Å². The SMILES string of the molecule is O=Cc1coc(N2CCC(Oc3ccc(Cl)cc3)CC2)n1. The van der Waals surface area contributed by atoms with E-state index in [0.717, 1.165) is 31.7 Å². The summed E-state index contributed by atoms with van der Waals surface area (Å²) < 4.78 is 11.2. The Hall–Kier alpha value is -2.01. The smallest absolute Gasteiger partial charge is 0.297 e. The van der Waals surface area contributed by atoms with Gasteiger partial charge in [0.05, 0.1) is 0 Å². The summed E-state index contributed by atoms with van der Waals surface area (Å²) in [4.78, 5) is 16.7. The van der Waals surface area contributed by atoms with Gasteiger partial charge in [0.15, 0.2) is 6.29 Å². The van der Waals surface area contributed by atoms with Gasteiger partial charge in [-0.05, 0) is 24.3 Å². The Bertz CT molecular complexity index is 604. The second kappa shape index (κ2) is 6.18. The third kappa shape index (κ3) is 3.36. The van der Waals surface area contributed by atoms with E-state index in [0.29, 0.717) is 23.0 Å². The Labute approximate surface area is 127 Å². The molecule has 0 bridgehead atoms. The van der Waals surface area contributed by atoms with Crippen LogP contribution in [-0.2, 0) is 0 Å². The molecule has 0 radical (unpaired) electrons. The third-order valence-corrected chi connectivity index (χ3v) is 3.71. The fourth-order valence-electron chi connectivity index (χ4n) is 2.35. The summed E-state index contributed by atoms with van der Waals surface area (Å²) in [6.07, 6.45) is 3.98. The van der Waals surface area contributed by atoms with Crippen LogP contribution in [0.1, 0.15) is 23.3 Å². The van der Waals surface area contributed by atoms with Gasteiger partial charge >= 0.3 is 0 Å². The van der Waals surface area contributed by atoms with Crippen molar-refractivity contribution in [1.29, 1.82) is 0 Å². The summed E-state index contributed by atoms with van der Waals surface area (Å²) in [6.45, 7) is 1.58. The fourth-order valence-corrected chi connectivity index (χ4v) is 2.47. The first-order valence-electron chi connectivity index (χ1n) is 6.82. The van der Waals surface area contributed by atoms with Crippen LogP contribution >= 0.6 is 11.6 Å². The van der Waals surface area contributed by atoms with Crippen LogP contribution in [0.25, 0.3) is 0 Å². The first-order valence-corrected chi connectivity index (χ1v) is 7.20. The second-order valence-corrected chi connectivity index (χ2v) is 5.37. The van der Waals surface area contributed by atoms with Crippen LogP contribution in [0, 0.1) is 0 Å². The van der Waals surface area contributed by atoms with E-state index in [2.05, 4.69) is 4.98 Å². The third-order valence-electron chi connectivity index (χ3n) is 3.46. The first-order chi connectivity index (χ1) is 10.2. The van der Waals surface area contributed by atoms with Crippen LogP contribution in [0.15, 0.2) is 34.9 Å². The molecule has 3 rings (SSSR count). The number of ether oxygens (including phenoxy) is 1. The molecule has 1 aromatic carbocycles. The van der Waals surface area contributed by atoms with Crippen molar-refractivity contribution < 1.29 is 13.9 Å². The number of anilines is 1. The minimum absolute atomic E-state index is 0.169. The lowest BCUT2D eigenvalue weighted by Gasteiger charge is -2.31. The molecule has 1 aromatic heterocycles. The standard InChI is InChI=1S/C15H15ClN2O3/c16-11-1-3-13(4-2-11)21-14-5-7-18(8-6-14)15-17-12(9-19)10-20-15/h1-4,9-10,14H,5-8H2. The van der Waals surface area contributed by atoms with Gasteiger partial charge in [0.25, 0.3) is 6.01 Å². The molecule has 110 valence electrons. The van der Waals surface area contributed by atoms with E-state index in [-0.39, 0.29) is 6.10 Å². The van der Waals surface area contributed by atoms with Gasteiger partial charge in [-0.25, -0.2) is 0 Å². The van der Waals surface area contributed by atoms with E-state index in [9.17, 15) is 4.79 Å². The average molecular weight is 307 g/mol. The van der Waals surface area contributed by atoms with E-state index in [1.807, 2.05) is 29.2 Å². The molecular formula is C15H15ClN2O3. The highest BCUT2D eigenvalue weighted by atomic mass is 35.5. The number of halogens is 1. The van der Waals surface area contributed by atoms with Gasteiger partial charge in [0.1, 0.15) is 23.8 Å². The van der Waals surface area contributed by atoms with Crippen molar-refractivity contribution >= 4 is 23.9 Å². The average Bonchev–Trinajstić information content (AvgIpc) is 2.99. The molecule has 0 atom stereocenters. The van der Waals surface area contributed by atoms with E-state index in [1.165, 1.54) is 6.26 Å². The number of hydrogen-bond donors (Lipinski definition) is 0. The number of oxazole rings is 1. The lowest BCUT2D eigenvalue weighted by Crippen LogP contribution is -2.38. The summed E-state index contributed by atoms with van der Waals surface area (Å²) in [5.41, 5.74) is 0.324. The van der Waals surface area contributed by atoms with Crippen molar-refractivity contribution in [2.75, 3.05) is 18.0 Å². The number of aldehydes is 1. The number of nitrogens with zero attached hydrogens (tertiary/aromatic N) is 2. The number of piperidine rings is 1. The lowest BCUT2D eigenvalue weighted by atomic mass is 10.1. The summed E-state index contributed by atoms with van der Waals surface area (Å²) in [5.74, 6) is 0.831. The summed E-state index contributed by atoms with van der Waals surface area (Å²) >= 11 is 5.85. The van der Waals surface area contributed by atoms with Gasteiger partial charge in [-0.2, -0.15) is 4.98 Å². The maximum Gasteiger partial charge on any atom is 0.297 e. The van der Waals surface area contributed by atoms with Crippen molar-refractivity contribution in [1.82, 2.24) is 4.98 Å². The normalized spacial score (nSPS) is 16.0. The number of carbonyl (C=O) groups excluding carboxylic acids is 1. The summed E-state index contributed by atoms with van der Waals surface area (Å²) in [7, 11) is 0. The zero-order valence-corrected chi connectivity index (χ0v) is 12.1. The van der Waals surface area contributed by atoms with Gasteiger partial charge < -0.3 is 14.1 Å². The van der Waals surface area contributed by atoms with Crippen LogP contribution in [0.2, 0.25) is 5.02 Å². The predicted octanol–water partition coefficient (Wildman–Crippen LogP) is 3.19. The zero-order valence-electron chi connectivity index (χ0n) is 11.4. The topological polar surface area (TPSA) is 55.6 Å². The van der Waals surface area contributed by atoms with Crippen LogP contribution < -0.4 is 9.64 Å². The molecule has 0 aliphatic carbocycles. The molecule has 0 spiro atoms. The van der Waals surface area contributed by atoms with Crippen molar-refractivity contribution in [3.63, 3.8) is 0 Å². The van der Waals surface area contributed by atoms with Crippen LogP contribution in [0.5, 0.6) is 5.75 Å². The first kappa shape index (κ1) is 13.9. The monoisotopic (exact) mass is 306 g/mol. The van der Waals surface area contributed by atoms with Gasteiger partial charge in [-0.3, -0.25) is 4.79 Å². The molecule has 0 N–H and O–H groups in total. The Kier molecular flexibility index (Phi) is 4.10. The van der Waals surface area contributed by atoms with E-state index in [1.54, 1.807) is 0 Å². The van der Waals surface area contributed by atoms with Gasteiger partial charge in [-0.15, -0.1) is 0 Å². The Balaban J connectivity index is 1.55. The minimum atomic E-state index is 0.169. The van der Waals surface area contributed by atoms with Crippen molar-refractivity contribution in [3.05, 3.63) is 41.2 Å². The van der Waals surface area contributed by atoms with Crippen LogP contribution in [0.3, 0.4) is 0 Å². The minimum Gasteiger partial charge on any atom is -0.490 e. The van der Waals surface area contributed by atoms with Gasteiger partial charge in [0, 0.05) is 31.0 Å². The molecule has 1 aliphatic rings. The van der Waals surface area contributed by atoms with Crippen molar-refractivity contribution in [2.45, 2.75) is 18.9 Å². The maximum atomic E-state index is 10.6. The summed E-state index contributed by atoms with van der Waals surface area (Å²) in [6, 6.07) is 7.89. The number of carbonyl (C=O) groups is 1. The van der Waals surface area contributed by atoms with Crippen LogP contribution in [-0.4, -0.2) is 30.5 Å². The molecule has 1 fully saturated rings.